The first-order valence-corrected chi connectivity index (χ1v) is 10.2. The molecule has 4 heterocycles. The fourth-order valence-electron chi connectivity index (χ4n) is 2.56. The predicted octanol–water partition coefficient (Wildman–Crippen LogP) is 4.46. The number of aromatic nitrogens is 7. The molecule has 0 aliphatic rings. The Morgan fingerprint density at radius 2 is 1.83 bits per heavy atom. The molecule has 4 rings (SSSR count). The van der Waals surface area contributed by atoms with Crippen molar-refractivity contribution in [1.82, 2.24) is 34.3 Å². The van der Waals surface area contributed by atoms with Gasteiger partial charge >= 0.3 is 6.18 Å². The quantitative estimate of drug-likeness (QED) is 0.468. The number of fused-ring (bicyclic) bond motifs is 1. The van der Waals surface area contributed by atoms with Gasteiger partial charge in [0.2, 0.25) is 4.96 Å². The zero-order valence-electron chi connectivity index (χ0n) is 15.7. The van der Waals surface area contributed by atoms with E-state index in [2.05, 4.69) is 46.0 Å². The molecule has 0 unspecified atom stereocenters. The molecule has 0 spiro atoms. The minimum absolute atomic E-state index is 0.113. The summed E-state index contributed by atoms with van der Waals surface area (Å²) in [6, 6.07) is 3.19. The summed E-state index contributed by atoms with van der Waals surface area (Å²) in [6.07, 6.45) is 0.409. The van der Waals surface area contributed by atoms with Crippen molar-refractivity contribution in [3.8, 4) is 11.4 Å². The second kappa shape index (κ2) is 7.10. The summed E-state index contributed by atoms with van der Waals surface area (Å²) in [5, 5.41) is 12.5. The van der Waals surface area contributed by atoms with Gasteiger partial charge in [-0.2, -0.15) is 13.2 Å². The van der Waals surface area contributed by atoms with Crippen LogP contribution in [-0.2, 0) is 12.0 Å². The Bertz CT molecular complexity index is 1110. The maximum Gasteiger partial charge on any atom is 0.406 e. The Labute approximate surface area is 172 Å². The molecule has 7 nitrogen and oxygen atoms in total. The molecule has 0 aliphatic carbocycles. The highest BCUT2D eigenvalue weighted by Gasteiger charge is 2.32. The standard InChI is InChI=1S/C17H16F3N7S2/c1-16(2,3)11-8-27-13(22-11)28-15(25-27)29-14-24-23-12(10-4-6-21-7-5-10)26(14)9-17(18,19)20/h4-8H,9H2,1-3H3. The predicted molar refractivity (Wildman–Crippen MR) is 103 cm³/mol. The molecule has 0 radical (unpaired) electrons. The van der Waals surface area contributed by atoms with E-state index in [0.29, 0.717) is 14.9 Å². The Balaban J connectivity index is 1.68. The first kappa shape index (κ1) is 19.8. The van der Waals surface area contributed by atoms with Crippen LogP contribution in [0.15, 0.2) is 40.2 Å². The number of pyridine rings is 1. The highest BCUT2D eigenvalue weighted by atomic mass is 32.2. The number of imidazole rings is 1. The molecule has 4 aromatic heterocycles. The molecule has 0 N–H and O–H groups in total. The summed E-state index contributed by atoms with van der Waals surface area (Å²) < 4.78 is 42.8. The molecule has 0 aliphatic heterocycles. The van der Waals surface area contributed by atoms with E-state index in [1.165, 1.54) is 23.7 Å². The van der Waals surface area contributed by atoms with Gasteiger partial charge < -0.3 is 0 Å². The van der Waals surface area contributed by atoms with Gasteiger partial charge in [-0.1, -0.05) is 32.1 Å². The van der Waals surface area contributed by atoms with Gasteiger partial charge in [0.15, 0.2) is 15.3 Å². The van der Waals surface area contributed by atoms with Gasteiger partial charge in [-0.05, 0) is 23.9 Å². The monoisotopic (exact) mass is 439 g/mol. The van der Waals surface area contributed by atoms with Crippen molar-refractivity contribution in [2.24, 2.45) is 0 Å². The minimum Gasteiger partial charge on any atom is -0.292 e. The van der Waals surface area contributed by atoms with Gasteiger partial charge in [0.1, 0.15) is 6.54 Å². The van der Waals surface area contributed by atoms with Crippen LogP contribution < -0.4 is 0 Å². The van der Waals surface area contributed by atoms with E-state index in [1.54, 1.807) is 16.6 Å². The lowest BCUT2D eigenvalue weighted by atomic mass is 9.93. The fraction of sp³-hybridized carbons (Fsp3) is 0.353. The number of alkyl halides is 3. The smallest absolute Gasteiger partial charge is 0.292 e. The molecular weight excluding hydrogens is 423 g/mol. The van der Waals surface area contributed by atoms with Crippen molar-refractivity contribution >= 4 is 28.1 Å². The zero-order valence-corrected chi connectivity index (χ0v) is 17.3. The SMILES string of the molecule is CC(C)(C)c1cn2nc(Sc3nnc(-c4ccncc4)n3CC(F)(F)F)sc2n1. The molecule has 0 saturated carbocycles. The summed E-state index contributed by atoms with van der Waals surface area (Å²) in [5.41, 5.74) is 1.29. The number of hydrogen-bond donors (Lipinski definition) is 0. The third-order valence-electron chi connectivity index (χ3n) is 3.96. The average Bonchev–Trinajstić information content (AvgIpc) is 3.28. The summed E-state index contributed by atoms with van der Waals surface area (Å²) in [4.78, 5) is 9.12. The minimum atomic E-state index is -4.42. The molecule has 152 valence electrons. The van der Waals surface area contributed by atoms with Crippen LogP contribution in [0.3, 0.4) is 0 Å². The Morgan fingerprint density at radius 3 is 2.45 bits per heavy atom. The fourth-order valence-corrected chi connectivity index (χ4v) is 4.42. The van der Waals surface area contributed by atoms with Crippen LogP contribution in [0.1, 0.15) is 26.5 Å². The topological polar surface area (TPSA) is 73.8 Å². The summed E-state index contributed by atoms with van der Waals surface area (Å²) in [6.45, 7) is 4.96. The maximum absolute atomic E-state index is 13.2. The van der Waals surface area contributed by atoms with Gasteiger partial charge in [0, 0.05) is 23.4 Å². The number of rotatable bonds is 4. The van der Waals surface area contributed by atoms with Crippen molar-refractivity contribution in [2.45, 2.75) is 48.4 Å². The van der Waals surface area contributed by atoms with Gasteiger partial charge in [-0.15, -0.1) is 15.3 Å². The van der Waals surface area contributed by atoms with Crippen LogP contribution in [0.25, 0.3) is 16.3 Å². The van der Waals surface area contributed by atoms with E-state index < -0.39 is 12.7 Å². The Morgan fingerprint density at radius 1 is 1.10 bits per heavy atom. The molecule has 0 atom stereocenters. The number of hydrogen-bond acceptors (Lipinski definition) is 7. The van der Waals surface area contributed by atoms with E-state index in [4.69, 9.17) is 0 Å². The molecule has 0 bridgehead atoms. The normalized spacial score (nSPS) is 12.8. The van der Waals surface area contributed by atoms with Crippen molar-refractivity contribution in [3.63, 3.8) is 0 Å². The highest BCUT2D eigenvalue weighted by molar-refractivity contribution is 8.01. The van der Waals surface area contributed by atoms with Crippen LogP contribution in [-0.4, -0.2) is 40.5 Å². The maximum atomic E-state index is 13.2. The van der Waals surface area contributed by atoms with Crippen LogP contribution in [0.2, 0.25) is 0 Å². The van der Waals surface area contributed by atoms with E-state index in [-0.39, 0.29) is 16.4 Å². The van der Waals surface area contributed by atoms with E-state index in [9.17, 15) is 13.2 Å². The molecule has 4 aromatic rings. The van der Waals surface area contributed by atoms with Crippen LogP contribution in [0.5, 0.6) is 0 Å². The lowest BCUT2D eigenvalue weighted by Crippen LogP contribution is -2.19. The van der Waals surface area contributed by atoms with Gasteiger partial charge in [0.25, 0.3) is 0 Å². The molecular formula is C17H16F3N7S2. The largest absolute Gasteiger partial charge is 0.406 e. The third kappa shape index (κ3) is 4.27. The first-order valence-electron chi connectivity index (χ1n) is 8.55. The Kier molecular flexibility index (Phi) is 4.85. The molecule has 0 aromatic carbocycles. The number of halogens is 3. The molecule has 0 saturated heterocycles. The Hall–Kier alpha value is -2.47. The van der Waals surface area contributed by atoms with Gasteiger partial charge in [-0.3, -0.25) is 9.55 Å². The molecule has 29 heavy (non-hydrogen) atoms. The van der Waals surface area contributed by atoms with E-state index in [1.807, 2.05) is 6.20 Å². The van der Waals surface area contributed by atoms with Crippen LogP contribution in [0, 0.1) is 0 Å². The van der Waals surface area contributed by atoms with E-state index in [0.717, 1.165) is 22.0 Å². The molecule has 0 fully saturated rings. The summed E-state index contributed by atoms with van der Waals surface area (Å²) >= 11 is 2.33. The average molecular weight is 439 g/mol. The zero-order chi connectivity index (χ0) is 20.8. The van der Waals surface area contributed by atoms with E-state index >= 15 is 0 Å². The van der Waals surface area contributed by atoms with Crippen molar-refractivity contribution in [1.29, 1.82) is 0 Å². The van der Waals surface area contributed by atoms with Crippen LogP contribution in [0.4, 0.5) is 13.2 Å². The third-order valence-corrected chi connectivity index (χ3v) is 5.92. The first-order chi connectivity index (χ1) is 13.6. The highest BCUT2D eigenvalue weighted by Crippen LogP contribution is 2.35. The summed E-state index contributed by atoms with van der Waals surface area (Å²) in [5.74, 6) is 0.128. The molecule has 12 heteroatoms. The second-order valence-electron chi connectivity index (χ2n) is 7.32. The summed E-state index contributed by atoms with van der Waals surface area (Å²) in [7, 11) is 0. The second-order valence-corrected chi connectivity index (χ2v) is 9.49. The van der Waals surface area contributed by atoms with Crippen molar-refractivity contribution in [2.75, 3.05) is 0 Å². The van der Waals surface area contributed by atoms with Crippen molar-refractivity contribution < 1.29 is 13.2 Å². The van der Waals surface area contributed by atoms with Gasteiger partial charge in [0.05, 0.1) is 11.9 Å². The molecule has 0 amide bonds. The van der Waals surface area contributed by atoms with Crippen molar-refractivity contribution in [3.05, 3.63) is 36.4 Å². The van der Waals surface area contributed by atoms with Crippen LogP contribution >= 0.6 is 23.1 Å². The lowest BCUT2D eigenvalue weighted by Gasteiger charge is -2.13. The lowest BCUT2D eigenvalue weighted by molar-refractivity contribution is -0.141. The number of nitrogens with zero attached hydrogens (tertiary/aromatic N) is 7. The van der Waals surface area contributed by atoms with Gasteiger partial charge in [-0.25, -0.2) is 9.50 Å².